The van der Waals surface area contributed by atoms with Crippen molar-refractivity contribution < 1.29 is 37.3 Å². The Hall–Kier alpha value is -2.18. The van der Waals surface area contributed by atoms with Gasteiger partial charge in [0.2, 0.25) is 16.3 Å². The molecule has 32 heavy (non-hydrogen) atoms. The van der Waals surface area contributed by atoms with Gasteiger partial charge < -0.3 is 29.4 Å². The molecule has 11 heteroatoms. The van der Waals surface area contributed by atoms with Gasteiger partial charge in [-0.25, -0.2) is 8.42 Å². The fourth-order valence-electron chi connectivity index (χ4n) is 3.09. The van der Waals surface area contributed by atoms with Gasteiger partial charge in [-0.05, 0) is 36.3 Å². The normalized spacial score (nSPS) is 18.7. The monoisotopic (exact) mass is 472 g/mol. The minimum absolute atomic E-state index is 0.0161. The van der Waals surface area contributed by atoms with Gasteiger partial charge in [-0.2, -0.15) is 4.31 Å². The smallest absolute Gasteiger partial charge is 0.286 e. The first kappa shape index (κ1) is 26.1. The van der Waals surface area contributed by atoms with Crippen LogP contribution in [0.25, 0.3) is 0 Å². The standard InChI is InChI=1S/C21H32N2O8S/c1-16-14-19(21(25)22-8-12-28-2)31-20(15-16)30-13-10-23(9-11-24)32(26,27)18-6-4-17(29-3)5-7-18/h4-7,14,16,20,24H,8-13,15H2,1-3H3,(H,22,25)/t16-,20+/m1/s1. The highest BCUT2D eigenvalue weighted by atomic mass is 32.2. The number of nitrogens with one attached hydrogen (secondary N) is 1. The summed E-state index contributed by atoms with van der Waals surface area (Å²) in [6.07, 6.45) is 1.58. The third-order valence-corrected chi connectivity index (χ3v) is 6.68. The molecule has 1 aliphatic heterocycles. The Morgan fingerprint density at radius 2 is 1.94 bits per heavy atom. The highest BCUT2D eigenvalue weighted by Gasteiger charge is 2.27. The number of benzene rings is 1. The summed E-state index contributed by atoms with van der Waals surface area (Å²) in [6, 6.07) is 6.02. The SMILES string of the molecule is COCCNC(=O)C1=C[C@@H](C)C[C@@H](OCCN(CCO)S(=O)(=O)c2ccc(OC)cc2)O1. The number of hydrogen-bond acceptors (Lipinski definition) is 8. The molecule has 10 nitrogen and oxygen atoms in total. The van der Waals surface area contributed by atoms with E-state index in [1.54, 1.807) is 25.3 Å². The third kappa shape index (κ3) is 7.45. The Bertz CT molecular complexity index is 857. The number of amides is 1. The lowest BCUT2D eigenvalue weighted by Crippen LogP contribution is -2.38. The summed E-state index contributed by atoms with van der Waals surface area (Å²) in [6.45, 7) is 2.32. The van der Waals surface area contributed by atoms with Gasteiger partial charge in [0.1, 0.15) is 5.75 Å². The summed E-state index contributed by atoms with van der Waals surface area (Å²) in [5.41, 5.74) is 0. The van der Waals surface area contributed by atoms with E-state index in [1.807, 2.05) is 6.92 Å². The number of aliphatic hydroxyl groups is 1. The molecule has 1 aliphatic rings. The van der Waals surface area contributed by atoms with Gasteiger partial charge in [-0.3, -0.25) is 4.79 Å². The van der Waals surface area contributed by atoms with Crippen LogP contribution in [0, 0.1) is 5.92 Å². The fraction of sp³-hybridized carbons (Fsp3) is 0.571. The predicted molar refractivity (Wildman–Crippen MR) is 116 cm³/mol. The molecule has 0 radical (unpaired) electrons. The van der Waals surface area contributed by atoms with E-state index < -0.39 is 16.3 Å². The molecule has 0 bridgehead atoms. The van der Waals surface area contributed by atoms with E-state index in [0.717, 1.165) is 4.31 Å². The topological polar surface area (TPSA) is 124 Å². The number of sulfonamides is 1. The molecule has 2 atom stereocenters. The summed E-state index contributed by atoms with van der Waals surface area (Å²) in [7, 11) is -0.787. The molecule has 0 fully saturated rings. The molecule has 2 rings (SSSR count). The second-order valence-electron chi connectivity index (χ2n) is 7.21. The van der Waals surface area contributed by atoms with Crippen LogP contribution in [0.4, 0.5) is 0 Å². The number of allylic oxidation sites excluding steroid dienone is 1. The molecule has 1 aromatic rings. The average Bonchev–Trinajstić information content (AvgIpc) is 2.78. The van der Waals surface area contributed by atoms with Crippen molar-refractivity contribution in [2.75, 3.05) is 53.7 Å². The van der Waals surface area contributed by atoms with Crippen LogP contribution in [0.1, 0.15) is 13.3 Å². The maximum atomic E-state index is 12.9. The van der Waals surface area contributed by atoms with E-state index >= 15 is 0 Å². The zero-order chi connectivity index (χ0) is 23.6. The molecule has 1 amide bonds. The van der Waals surface area contributed by atoms with Gasteiger partial charge in [0.25, 0.3) is 5.91 Å². The highest BCUT2D eigenvalue weighted by Crippen LogP contribution is 2.23. The molecule has 0 aliphatic carbocycles. The Balaban J connectivity index is 1.95. The lowest BCUT2D eigenvalue weighted by Gasteiger charge is -2.28. The lowest BCUT2D eigenvalue weighted by molar-refractivity contribution is -0.148. The zero-order valence-corrected chi connectivity index (χ0v) is 19.5. The van der Waals surface area contributed by atoms with Crippen LogP contribution < -0.4 is 10.1 Å². The van der Waals surface area contributed by atoms with Crippen LogP contribution >= 0.6 is 0 Å². The summed E-state index contributed by atoms with van der Waals surface area (Å²) in [5, 5.41) is 12.0. The van der Waals surface area contributed by atoms with Crippen molar-refractivity contribution in [3.8, 4) is 5.75 Å². The number of aliphatic hydroxyl groups excluding tert-OH is 1. The largest absolute Gasteiger partial charge is 0.497 e. The fourth-order valence-corrected chi connectivity index (χ4v) is 4.51. The van der Waals surface area contributed by atoms with E-state index in [-0.39, 0.29) is 48.8 Å². The first-order chi connectivity index (χ1) is 15.3. The second kappa shape index (κ2) is 12.8. The maximum absolute atomic E-state index is 12.9. The van der Waals surface area contributed by atoms with Crippen molar-refractivity contribution in [1.82, 2.24) is 9.62 Å². The molecule has 180 valence electrons. The predicted octanol–water partition coefficient (Wildman–Crippen LogP) is 0.724. The molecular weight excluding hydrogens is 440 g/mol. The van der Waals surface area contributed by atoms with Crippen molar-refractivity contribution in [3.63, 3.8) is 0 Å². The van der Waals surface area contributed by atoms with E-state index in [2.05, 4.69) is 5.32 Å². The van der Waals surface area contributed by atoms with E-state index in [1.165, 1.54) is 19.2 Å². The van der Waals surface area contributed by atoms with Gasteiger partial charge >= 0.3 is 0 Å². The van der Waals surface area contributed by atoms with Crippen LogP contribution in [-0.2, 0) is 29.0 Å². The zero-order valence-electron chi connectivity index (χ0n) is 18.7. The number of nitrogens with zero attached hydrogens (tertiary/aromatic N) is 1. The molecule has 0 aromatic heterocycles. The lowest BCUT2D eigenvalue weighted by atomic mass is 10.0. The van der Waals surface area contributed by atoms with E-state index in [0.29, 0.717) is 25.3 Å². The van der Waals surface area contributed by atoms with Gasteiger partial charge in [-0.1, -0.05) is 6.92 Å². The van der Waals surface area contributed by atoms with Crippen molar-refractivity contribution in [1.29, 1.82) is 0 Å². The van der Waals surface area contributed by atoms with Gasteiger partial charge in [0.05, 0.1) is 31.8 Å². The first-order valence-electron chi connectivity index (χ1n) is 10.3. The Labute approximate surface area is 189 Å². The van der Waals surface area contributed by atoms with Crippen molar-refractivity contribution >= 4 is 15.9 Å². The minimum atomic E-state index is -3.83. The summed E-state index contributed by atoms with van der Waals surface area (Å²) in [4.78, 5) is 12.3. The molecule has 0 unspecified atom stereocenters. The van der Waals surface area contributed by atoms with Crippen molar-refractivity contribution in [3.05, 3.63) is 36.1 Å². The van der Waals surface area contributed by atoms with E-state index in [4.69, 9.17) is 18.9 Å². The van der Waals surface area contributed by atoms with E-state index in [9.17, 15) is 18.3 Å². The molecule has 1 aromatic carbocycles. The Morgan fingerprint density at radius 1 is 1.22 bits per heavy atom. The van der Waals surface area contributed by atoms with Crippen LogP contribution in [0.5, 0.6) is 5.75 Å². The molecule has 0 saturated carbocycles. The van der Waals surface area contributed by atoms with Gasteiger partial charge in [0.15, 0.2) is 5.76 Å². The minimum Gasteiger partial charge on any atom is -0.497 e. The number of carbonyl (C=O) groups excluding carboxylic acids is 1. The van der Waals surface area contributed by atoms with Crippen molar-refractivity contribution in [2.24, 2.45) is 5.92 Å². The quantitative estimate of drug-likeness (QED) is 0.403. The van der Waals surface area contributed by atoms with Crippen LogP contribution in [-0.4, -0.2) is 83.7 Å². The molecule has 1 heterocycles. The average molecular weight is 473 g/mol. The number of methoxy groups -OCH3 is 2. The van der Waals surface area contributed by atoms with Gasteiger partial charge in [0, 0.05) is 33.2 Å². The molecular formula is C21H32N2O8S. The second-order valence-corrected chi connectivity index (χ2v) is 9.15. The maximum Gasteiger partial charge on any atom is 0.286 e. The Morgan fingerprint density at radius 3 is 2.56 bits per heavy atom. The van der Waals surface area contributed by atoms with Crippen molar-refractivity contribution in [2.45, 2.75) is 24.5 Å². The number of hydrogen-bond donors (Lipinski definition) is 2. The van der Waals surface area contributed by atoms with Crippen LogP contribution in [0.2, 0.25) is 0 Å². The van der Waals surface area contributed by atoms with Gasteiger partial charge in [-0.15, -0.1) is 0 Å². The summed E-state index contributed by atoms with van der Waals surface area (Å²) in [5.74, 6) is 0.405. The van der Waals surface area contributed by atoms with Crippen LogP contribution in [0.15, 0.2) is 41.0 Å². The molecule has 2 N–H and O–H groups in total. The number of carbonyl (C=O) groups is 1. The van der Waals surface area contributed by atoms with Crippen LogP contribution in [0.3, 0.4) is 0 Å². The molecule has 0 spiro atoms. The Kier molecular flexibility index (Phi) is 10.4. The molecule has 0 saturated heterocycles. The number of rotatable bonds is 13. The first-order valence-corrected chi connectivity index (χ1v) is 11.8. The number of ether oxygens (including phenoxy) is 4. The summed E-state index contributed by atoms with van der Waals surface area (Å²) >= 11 is 0. The summed E-state index contributed by atoms with van der Waals surface area (Å²) < 4.78 is 48.4. The highest BCUT2D eigenvalue weighted by molar-refractivity contribution is 7.89. The third-order valence-electron chi connectivity index (χ3n) is 4.77.